The van der Waals surface area contributed by atoms with Crippen molar-refractivity contribution in [3.05, 3.63) is 76.3 Å². The molecule has 0 spiro atoms. The van der Waals surface area contributed by atoms with Crippen molar-refractivity contribution in [2.75, 3.05) is 39.9 Å². The maximum atomic E-state index is 13.1. The Morgan fingerprint density at radius 1 is 0.972 bits per heavy atom. The van der Waals surface area contributed by atoms with E-state index < -0.39 is 39.1 Å². The molecule has 0 bridgehead atoms. The highest BCUT2D eigenvalue weighted by Crippen LogP contribution is 2.28. The summed E-state index contributed by atoms with van der Waals surface area (Å²) in [6.45, 7) is -0.108. The number of nitrogens with zero attached hydrogens (tertiary/aromatic N) is 3. The summed E-state index contributed by atoms with van der Waals surface area (Å²) in [7, 11) is -2.47. The summed E-state index contributed by atoms with van der Waals surface area (Å²) in [6.07, 6.45) is 0. The smallest absolute Gasteiger partial charge is 0.338 e. The number of nitro groups is 1. The molecule has 188 valence electrons. The molecule has 3 aromatic carbocycles. The number of nitro benzene ring substituents is 1. The Kier molecular flexibility index (Phi) is 7.17. The van der Waals surface area contributed by atoms with Crippen molar-refractivity contribution < 1.29 is 32.4 Å². The van der Waals surface area contributed by atoms with Crippen LogP contribution >= 0.6 is 0 Å². The van der Waals surface area contributed by atoms with Crippen LogP contribution in [0.4, 0.5) is 5.69 Å². The Bertz CT molecular complexity index is 1430. The van der Waals surface area contributed by atoms with Gasteiger partial charge in [-0.25, -0.2) is 13.2 Å². The minimum atomic E-state index is -3.74. The zero-order valence-electron chi connectivity index (χ0n) is 19.3. The third-order valence-electron chi connectivity index (χ3n) is 5.89. The molecule has 1 aliphatic heterocycles. The van der Waals surface area contributed by atoms with E-state index in [9.17, 15) is 28.1 Å². The van der Waals surface area contributed by atoms with E-state index in [1.54, 1.807) is 18.2 Å². The lowest BCUT2D eigenvalue weighted by atomic mass is 10.1. The molecule has 0 aromatic heterocycles. The number of hydrogen-bond donors (Lipinski definition) is 0. The average Bonchev–Trinajstić information content (AvgIpc) is 2.90. The number of fused-ring (bicyclic) bond motifs is 1. The van der Waals surface area contributed by atoms with E-state index >= 15 is 0 Å². The second kappa shape index (κ2) is 10.3. The molecule has 0 aliphatic carbocycles. The van der Waals surface area contributed by atoms with Gasteiger partial charge in [0.05, 0.1) is 22.5 Å². The number of carbonyl (C=O) groups is 2. The number of esters is 1. The largest absolute Gasteiger partial charge is 0.490 e. The van der Waals surface area contributed by atoms with Crippen LogP contribution in [-0.4, -0.2) is 74.3 Å². The summed E-state index contributed by atoms with van der Waals surface area (Å²) in [5.41, 5.74) is -0.497. The van der Waals surface area contributed by atoms with Crippen molar-refractivity contribution in [3.8, 4) is 5.75 Å². The van der Waals surface area contributed by atoms with E-state index in [4.69, 9.17) is 9.47 Å². The summed E-state index contributed by atoms with van der Waals surface area (Å²) in [5.74, 6) is -1.40. The van der Waals surface area contributed by atoms with Crippen molar-refractivity contribution in [2.24, 2.45) is 0 Å². The molecule has 12 heteroatoms. The second-order valence-electron chi connectivity index (χ2n) is 8.01. The van der Waals surface area contributed by atoms with Crippen LogP contribution in [0.3, 0.4) is 0 Å². The molecule has 1 aliphatic rings. The normalized spacial score (nSPS) is 14.4. The van der Waals surface area contributed by atoms with Gasteiger partial charge in [0.1, 0.15) is 0 Å². The fourth-order valence-corrected chi connectivity index (χ4v) is 5.37. The molecule has 1 amide bonds. The predicted octanol–water partition coefficient (Wildman–Crippen LogP) is 2.45. The molecule has 0 unspecified atom stereocenters. The molecule has 1 saturated heterocycles. The van der Waals surface area contributed by atoms with Crippen LogP contribution in [-0.2, 0) is 19.6 Å². The lowest BCUT2D eigenvalue weighted by Gasteiger charge is -2.33. The Balaban J connectivity index is 1.34. The van der Waals surface area contributed by atoms with Crippen molar-refractivity contribution >= 4 is 38.4 Å². The number of ether oxygens (including phenoxy) is 2. The number of piperazine rings is 1. The maximum Gasteiger partial charge on any atom is 0.338 e. The molecule has 36 heavy (non-hydrogen) atoms. The number of amides is 1. The Hall–Kier alpha value is -4.03. The molecular formula is C24H23N3O8S. The first kappa shape index (κ1) is 25.1. The predicted molar refractivity (Wildman–Crippen MR) is 129 cm³/mol. The minimum Gasteiger partial charge on any atom is -0.490 e. The summed E-state index contributed by atoms with van der Waals surface area (Å²) < 4.78 is 37.4. The molecule has 1 fully saturated rings. The first-order valence-electron chi connectivity index (χ1n) is 11.0. The SMILES string of the molecule is COc1ccc(C(=O)OCC(=O)N2CCN(S(=O)(=O)c3ccc4ccccc4c3)CC2)cc1[N+](=O)[O-]. The number of rotatable bonds is 7. The molecule has 0 N–H and O–H groups in total. The fourth-order valence-electron chi connectivity index (χ4n) is 3.92. The van der Waals surface area contributed by atoms with E-state index in [0.717, 1.165) is 16.8 Å². The van der Waals surface area contributed by atoms with E-state index in [-0.39, 0.29) is 42.4 Å². The first-order chi connectivity index (χ1) is 17.2. The Labute approximate surface area is 207 Å². The summed E-state index contributed by atoms with van der Waals surface area (Å²) >= 11 is 0. The highest BCUT2D eigenvalue weighted by Gasteiger charge is 2.30. The molecular weight excluding hydrogens is 490 g/mol. The fraction of sp³-hybridized carbons (Fsp3) is 0.250. The zero-order chi connectivity index (χ0) is 25.9. The minimum absolute atomic E-state index is 0.0101. The van der Waals surface area contributed by atoms with Crippen LogP contribution in [0.2, 0.25) is 0 Å². The van der Waals surface area contributed by atoms with E-state index in [0.29, 0.717) is 0 Å². The van der Waals surface area contributed by atoms with Gasteiger partial charge in [-0.05, 0) is 35.0 Å². The van der Waals surface area contributed by atoms with Gasteiger partial charge in [0.15, 0.2) is 12.4 Å². The van der Waals surface area contributed by atoms with Crippen LogP contribution in [0.25, 0.3) is 10.8 Å². The maximum absolute atomic E-state index is 13.1. The number of hydrogen-bond acceptors (Lipinski definition) is 8. The van der Waals surface area contributed by atoms with Gasteiger partial charge in [-0.2, -0.15) is 4.31 Å². The monoisotopic (exact) mass is 513 g/mol. The van der Waals surface area contributed by atoms with Crippen molar-refractivity contribution in [2.45, 2.75) is 4.90 Å². The van der Waals surface area contributed by atoms with Gasteiger partial charge in [0.2, 0.25) is 10.0 Å². The van der Waals surface area contributed by atoms with Crippen LogP contribution in [0.1, 0.15) is 10.4 Å². The van der Waals surface area contributed by atoms with Crippen molar-refractivity contribution in [3.63, 3.8) is 0 Å². The van der Waals surface area contributed by atoms with Crippen LogP contribution < -0.4 is 4.74 Å². The zero-order valence-corrected chi connectivity index (χ0v) is 20.1. The van der Waals surface area contributed by atoms with Gasteiger partial charge in [-0.3, -0.25) is 14.9 Å². The van der Waals surface area contributed by atoms with Gasteiger partial charge >= 0.3 is 11.7 Å². The third-order valence-corrected chi connectivity index (χ3v) is 7.78. The Morgan fingerprint density at radius 3 is 2.33 bits per heavy atom. The highest BCUT2D eigenvalue weighted by molar-refractivity contribution is 7.89. The number of sulfonamides is 1. The second-order valence-corrected chi connectivity index (χ2v) is 9.95. The van der Waals surface area contributed by atoms with Crippen molar-refractivity contribution in [1.29, 1.82) is 0 Å². The van der Waals surface area contributed by atoms with E-state index in [1.807, 2.05) is 24.3 Å². The van der Waals surface area contributed by atoms with Gasteiger partial charge < -0.3 is 14.4 Å². The number of carbonyl (C=O) groups excluding carboxylic acids is 2. The van der Waals surface area contributed by atoms with Crippen LogP contribution in [0.5, 0.6) is 5.75 Å². The number of benzene rings is 3. The van der Waals surface area contributed by atoms with Gasteiger partial charge in [0, 0.05) is 32.2 Å². The van der Waals surface area contributed by atoms with Crippen LogP contribution in [0.15, 0.2) is 65.6 Å². The van der Waals surface area contributed by atoms with E-state index in [2.05, 4.69) is 0 Å². The van der Waals surface area contributed by atoms with Gasteiger partial charge in [-0.15, -0.1) is 0 Å². The van der Waals surface area contributed by atoms with Crippen molar-refractivity contribution in [1.82, 2.24) is 9.21 Å². The highest BCUT2D eigenvalue weighted by atomic mass is 32.2. The molecule has 4 rings (SSSR count). The molecule has 3 aromatic rings. The standard InChI is InChI=1S/C24H23N3O8S/c1-34-22-9-7-19(15-21(22)27(30)31)24(29)35-16-23(28)25-10-12-26(13-11-25)36(32,33)20-8-6-17-4-2-3-5-18(17)14-20/h2-9,14-15H,10-13,16H2,1H3. The summed E-state index contributed by atoms with van der Waals surface area (Å²) in [6, 6.07) is 16.0. The molecule has 1 heterocycles. The molecule has 0 saturated carbocycles. The quantitative estimate of drug-likeness (QED) is 0.267. The van der Waals surface area contributed by atoms with Gasteiger partial charge in [0.25, 0.3) is 5.91 Å². The van der Waals surface area contributed by atoms with E-state index in [1.165, 1.54) is 28.4 Å². The lowest BCUT2D eigenvalue weighted by Crippen LogP contribution is -2.51. The molecule has 11 nitrogen and oxygen atoms in total. The van der Waals surface area contributed by atoms with Crippen LogP contribution in [0, 0.1) is 10.1 Å². The first-order valence-corrected chi connectivity index (χ1v) is 12.4. The summed E-state index contributed by atoms with van der Waals surface area (Å²) in [5, 5.41) is 12.9. The molecule has 0 radical (unpaired) electrons. The topological polar surface area (TPSA) is 136 Å². The summed E-state index contributed by atoms with van der Waals surface area (Å²) in [4.78, 5) is 36.9. The average molecular weight is 514 g/mol. The Morgan fingerprint density at radius 2 is 1.67 bits per heavy atom. The number of methoxy groups -OCH3 is 1. The lowest BCUT2D eigenvalue weighted by molar-refractivity contribution is -0.385. The third kappa shape index (κ3) is 5.14. The van der Waals surface area contributed by atoms with Gasteiger partial charge in [-0.1, -0.05) is 30.3 Å². The molecule has 0 atom stereocenters.